The highest BCUT2D eigenvalue weighted by Crippen LogP contribution is 2.30. The van der Waals surface area contributed by atoms with Gasteiger partial charge in [0.1, 0.15) is 0 Å². The van der Waals surface area contributed by atoms with E-state index in [2.05, 4.69) is 46.8 Å². The molecule has 0 bridgehead atoms. The monoisotopic (exact) mass is 394 g/mol. The molecule has 0 radical (unpaired) electrons. The second-order valence-electron chi connectivity index (χ2n) is 5.90. The van der Waals surface area contributed by atoms with Gasteiger partial charge in [0.05, 0.1) is 5.25 Å². The molecular formula is C18H26N4O2S2. The summed E-state index contributed by atoms with van der Waals surface area (Å²) < 4.78 is 6.03. The van der Waals surface area contributed by atoms with Gasteiger partial charge in [-0.1, -0.05) is 29.2 Å². The van der Waals surface area contributed by atoms with Crippen LogP contribution in [0.4, 0.5) is 10.8 Å². The molecule has 6 nitrogen and oxygen atoms in total. The highest BCUT2D eigenvalue weighted by Gasteiger charge is 2.16. The number of carbonyl (C=O) groups excluding carboxylic acids is 1. The fraction of sp³-hybridized carbons (Fsp3) is 0.500. The van der Waals surface area contributed by atoms with Crippen LogP contribution in [0.2, 0.25) is 0 Å². The molecule has 0 aliphatic rings. The predicted molar refractivity (Wildman–Crippen MR) is 109 cm³/mol. The quantitative estimate of drug-likeness (QED) is 0.470. The van der Waals surface area contributed by atoms with Gasteiger partial charge in [0.15, 0.2) is 4.34 Å². The Kier molecular flexibility index (Phi) is 8.34. The maximum atomic E-state index is 12.1. The van der Waals surface area contributed by atoms with Crippen LogP contribution in [0.15, 0.2) is 22.5 Å². The lowest BCUT2D eigenvalue weighted by atomic mass is 10.1. The standard InChI is InChI=1S/C18H26N4O2S2/c1-5-24-10-6-9-19-16(23)14(4)25-18-22-21-17(26-18)20-15-8-7-12(2)13(3)11-15/h7-8,11,14H,5-6,9-10H2,1-4H3,(H,19,23)(H,20,21). The van der Waals surface area contributed by atoms with Crippen molar-refractivity contribution in [3.05, 3.63) is 29.3 Å². The molecule has 0 fully saturated rings. The lowest BCUT2D eigenvalue weighted by Gasteiger charge is -2.10. The van der Waals surface area contributed by atoms with Crippen LogP contribution in [0.3, 0.4) is 0 Å². The molecule has 1 atom stereocenters. The number of aromatic nitrogens is 2. The Bertz CT molecular complexity index is 721. The third-order valence-electron chi connectivity index (χ3n) is 3.78. The Morgan fingerprint density at radius 2 is 2.12 bits per heavy atom. The van der Waals surface area contributed by atoms with Gasteiger partial charge in [-0.25, -0.2) is 0 Å². The third kappa shape index (κ3) is 6.59. The number of ether oxygens (including phenoxy) is 1. The third-order valence-corrected chi connectivity index (χ3v) is 5.80. The predicted octanol–water partition coefficient (Wildman–Crippen LogP) is 3.92. The van der Waals surface area contributed by atoms with Crippen molar-refractivity contribution in [2.75, 3.05) is 25.1 Å². The minimum atomic E-state index is -0.218. The average molecular weight is 395 g/mol. The Hall–Kier alpha value is -1.64. The summed E-state index contributed by atoms with van der Waals surface area (Å²) >= 11 is 2.87. The van der Waals surface area contributed by atoms with Crippen molar-refractivity contribution in [3.8, 4) is 0 Å². The molecule has 1 aromatic heterocycles. The van der Waals surface area contributed by atoms with Crippen molar-refractivity contribution in [1.29, 1.82) is 0 Å². The van der Waals surface area contributed by atoms with E-state index in [4.69, 9.17) is 4.74 Å². The Morgan fingerprint density at radius 3 is 2.85 bits per heavy atom. The number of aryl methyl sites for hydroxylation is 2. The van der Waals surface area contributed by atoms with Crippen molar-refractivity contribution >= 4 is 39.8 Å². The summed E-state index contributed by atoms with van der Waals surface area (Å²) in [6.45, 7) is 10.00. The van der Waals surface area contributed by atoms with Crippen molar-refractivity contribution in [1.82, 2.24) is 15.5 Å². The average Bonchev–Trinajstić information content (AvgIpc) is 3.04. The van der Waals surface area contributed by atoms with Crippen molar-refractivity contribution < 1.29 is 9.53 Å². The second kappa shape index (κ2) is 10.5. The first-order chi connectivity index (χ1) is 12.5. The Morgan fingerprint density at radius 1 is 1.31 bits per heavy atom. The molecule has 0 saturated heterocycles. The zero-order chi connectivity index (χ0) is 18.9. The fourth-order valence-electron chi connectivity index (χ4n) is 2.13. The number of rotatable bonds is 10. The molecule has 26 heavy (non-hydrogen) atoms. The summed E-state index contributed by atoms with van der Waals surface area (Å²) in [5.74, 6) is 0.00497. The number of benzene rings is 1. The molecule has 8 heteroatoms. The van der Waals surface area contributed by atoms with E-state index in [0.29, 0.717) is 19.8 Å². The van der Waals surface area contributed by atoms with Gasteiger partial charge in [0, 0.05) is 25.4 Å². The van der Waals surface area contributed by atoms with Crippen LogP contribution in [0.25, 0.3) is 0 Å². The summed E-state index contributed by atoms with van der Waals surface area (Å²) in [5.41, 5.74) is 3.47. The largest absolute Gasteiger partial charge is 0.382 e. The van der Waals surface area contributed by atoms with E-state index in [-0.39, 0.29) is 11.2 Å². The molecular weight excluding hydrogens is 368 g/mol. The van der Waals surface area contributed by atoms with Crippen molar-refractivity contribution in [2.24, 2.45) is 0 Å². The summed E-state index contributed by atoms with van der Waals surface area (Å²) in [6, 6.07) is 6.18. The Labute approximate surface area is 163 Å². The van der Waals surface area contributed by atoms with Crippen molar-refractivity contribution in [3.63, 3.8) is 0 Å². The van der Waals surface area contributed by atoms with Crippen LogP contribution < -0.4 is 10.6 Å². The molecule has 1 amide bonds. The van der Waals surface area contributed by atoms with E-state index in [1.807, 2.05) is 19.9 Å². The van der Waals surface area contributed by atoms with Crippen LogP contribution in [-0.4, -0.2) is 41.1 Å². The lowest BCUT2D eigenvalue weighted by Crippen LogP contribution is -2.32. The van der Waals surface area contributed by atoms with E-state index in [1.165, 1.54) is 34.2 Å². The summed E-state index contributed by atoms with van der Waals surface area (Å²) in [4.78, 5) is 12.1. The number of carbonyl (C=O) groups is 1. The zero-order valence-electron chi connectivity index (χ0n) is 15.7. The molecule has 2 N–H and O–H groups in total. The number of anilines is 2. The van der Waals surface area contributed by atoms with Crippen LogP contribution in [-0.2, 0) is 9.53 Å². The van der Waals surface area contributed by atoms with Gasteiger partial charge in [0.25, 0.3) is 0 Å². The van der Waals surface area contributed by atoms with Gasteiger partial charge >= 0.3 is 0 Å². The van der Waals surface area contributed by atoms with Crippen LogP contribution in [0, 0.1) is 13.8 Å². The van der Waals surface area contributed by atoms with Gasteiger partial charge < -0.3 is 15.4 Å². The fourth-order valence-corrected chi connectivity index (χ4v) is 4.07. The SMILES string of the molecule is CCOCCCNC(=O)C(C)Sc1nnc(Nc2ccc(C)c(C)c2)s1. The van der Waals surface area contributed by atoms with Gasteiger partial charge in [0.2, 0.25) is 11.0 Å². The minimum absolute atomic E-state index is 0.00497. The normalized spacial score (nSPS) is 12.0. The van der Waals surface area contributed by atoms with Crippen LogP contribution in [0.5, 0.6) is 0 Å². The van der Waals surface area contributed by atoms with Gasteiger partial charge in [-0.2, -0.15) is 0 Å². The first kappa shape index (κ1) is 20.7. The zero-order valence-corrected chi connectivity index (χ0v) is 17.3. The van der Waals surface area contributed by atoms with E-state index in [9.17, 15) is 4.79 Å². The van der Waals surface area contributed by atoms with Crippen LogP contribution >= 0.6 is 23.1 Å². The first-order valence-electron chi connectivity index (χ1n) is 8.69. The number of amides is 1. The number of thioether (sulfide) groups is 1. The number of nitrogens with zero attached hydrogens (tertiary/aromatic N) is 2. The van der Waals surface area contributed by atoms with Gasteiger partial charge in [-0.15, -0.1) is 10.2 Å². The minimum Gasteiger partial charge on any atom is -0.382 e. The van der Waals surface area contributed by atoms with E-state index < -0.39 is 0 Å². The van der Waals surface area contributed by atoms with E-state index in [1.54, 1.807) is 0 Å². The molecule has 1 heterocycles. The Balaban J connectivity index is 1.81. The van der Waals surface area contributed by atoms with Crippen LogP contribution in [0.1, 0.15) is 31.4 Å². The number of hydrogen-bond acceptors (Lipinski definition) is 7. The molecule has 0 saturated carbocycles. The topological polar surface area (TPSA) is 76.1 Å². The second-order valence-corrected chi connectivity index (χ2v) is 8.46. The lowest BCUT2D eigenvalue weighted by molar-refractivity contribution is -0.120. The summed E-state index contributed by atoms with van der Waals surface area (Å²) in [5, 5.41) is 15.0. The van der Waals surface area contributed by atoms with E-state index in [0.717, 1.165) is 21.6 Å². The smallest absolute Gasteiger partial charge is 0.233 e. The molecule has 2 aromatic rings. The van der Waals surface area contributed by atoms with E-state index >= 15 is 0 Å². The highest BCUT2D eigenvalue weighted by molar-refractivity contribution is 8.02. The molecule has 0 aliphatic heterocycles. The molecule has 142 valence electrons. The van der Waals surface area contributed by atoms with Gasteiger partial charge in [-0.3, -0.25) is 4.79 Å². The molecule has 0 spiro atoms. The molecule has 2 rings (SSSR count). The molecule has 1 aromatic carbocycles. The van der Waals surface area contributed by atoms with Crippen molar-refractivity contribution in [2.45, 2.75) is 43.7 Å². The summed E-state index contributed by atoms with van der Waals surface area (Å²) in [6.07, 6.45) is 0.819. The summed E-state index contributed by atoms with van der Waals surface area (Å²) in [7, 11) is 0. The molecule has 0 aliphatic carbocycles. The molecule has 1 unspecified atom stereocenters. The highest BCUT2D eigenvalue weighted by atomic mass is 32.2. The maximum Gasteiger partial charge on any atom is 0.233 e. The maximum absolute atomic E-state index is 12.1. The number of hydrogen-bond donors (Lipinski definition) is 2. The number of nitrogens with one attached hydrogen (secondary N) is 2. The van der Waals surface area contributed by atoms with Gasteiger partial charge in [-0.05, 0) is 57.4 Å². The first-order valence-corrected chi connectivity index (χ1v) is 10.4.